The number of likely N-dealkylation sites (tertiary alicyclic amines) is 1. The van der Waals surface area contributed by atoms with Gasteiger partial charge in [-0.25, -0.2) is 9.37 Å². The van der Waals surface area contributed by atoms with E-state index >= 15 is 0 Å². The molecule has 24 heavy (non-hydrogen) atoms. The van der Waals surface area contributed by atoms with Gasteiger partial charge in [0.05, 0.1) is 17.3 Å². The molecule has 3 rings (SSSR count). The third-order valence-electron chi connectivity index (χ3n) is 4.42. The summed E-state index contributed by atoms with van der Waals surface area (Å²) < 4.78 is 14.6. The van der Waals surface area contributed by atoms with Crippen LogP contribution in [0.2, 0.25) is 0 Å². The molecule has 0 saturated carbocycles. The van der Waals surface area contributed by atoms with E-state index in [1.54, 1.807) is 17.2 Å². The van der Waals surface area contributed by atoms with Crippen molar-refractivity contribution >= 4 is 22.6 Å². The summed E-state index contributed by atoms with van der Waals surface area (Å²) in [6.45, 7) is 5.53. The zero-order chi connectivity index (χ0) is 17.3. The minimum absolute atomic E-state index is 0.191. The lowest BCUT2D eigenvalue weighted by atomic mass is 9.96. The van der Waals surface area contributed by atoms with Crippen molar-refractivity contribution in [2.24, 2.45) is 0 Å². The first-order valence-corrected chi connectivity index (χ1v) is 7.75. The quantitative estimate of drug-likeness (QED) is 0.848. The van der Waals surface area contributed by atoms with E-state index in [0.717, 1.165) is 5.39 Å². The highest BCUT2D eigenvalue weighted by molar-refractivity contribution is 5.92. The Labute approximate surface area is 139 Å². The molecule has 1 aliphatic heterocycles. The normalized spacial score (nSPS) is 23.7. The lowest BCUT2D eigenvalue weighted by Crippen LogP contribution is -2.54. The predicted molar refractivity (Wildman–Crippen MR) is 89.1 cm³/mol. The van der Waals surface area contributed by atoms with Crippen molar-refractivity contribution in [1.29, 1.82) is 5.26 Å². The van der Waals surface area contributed by atoms with Crippen LogP contribution >= 0.6 is 0 Å². The van der Waals surface area contributed by atoms with Gasteiger partial charge in [-0.2, -0.15) is 5.26 Å². The summed E-state index contributed by atoms with van der Waals surface area (Å²) in [5, 5.41) is 13.2. The van der Waals surface area contributed by atoms with E-state index in [-0.39, 0.29) is 24.9 Å². The summed E-state index contributed by atoms with van der Waals surface area (Å²) in [6, 6.07) is 3.08. The third-order valence-corrected chi connectivity index (χ3v) is 4.42. The SMILES string of the molecule is C=CC(=O)N1C[C@@H](Nc2c(C#N)cnc3[nH]ccc23)[C@H](F)C[C@H]1C. The molecule has 1 fully saturated rings. The van der Waals surface area contributed by atoms with Gasteiger partial charge >= 0.3 is 0 Å². The molecular weight excluding hydrogens is 309 g/mol. The number of amides is 1. The highest BCUT2D eigenvalue weighted by Crippen LogP contribution is 2.29. The van der Waals surface area contributed by atoms with Crippen LogP contribution < -0.4 is 5.32 Å². The number of aromatic nitrogens is 2. The zero-order valence-corrected chi connectivity index (χ0v) is 13.3. The van der Waals surface area contributed by atoms with E-state index in [4.69, 9.17) is 0 Å². The summed E-state index contributed by atoms with van der Waals surface area (Å²) in [5.74, 6) is -0.219. The first-order chi connectivity index (χ1) is 11.5. The van der Waals surface area contributed by atoms with Crippen LogP contribution in [0.5, 0.6) is 0 Å². The largest absolute Gasteiger partial charge is 0.376 e. The van der Waals surface area contributed by atoms with Gasteiger partial charge in [-0.05, 0) is 19.1 Å². The van der Waals surface area contributed by atoms with Gasteiger partial charge in [0.2, 0.25) is 5.91 Å². The smallest absolute Gasteiger partial charge is 0.246 e. The van der Waals surface area contributed by atoms with Gasteiger partial charge in [0.1, 0.15) is 17.9 Å². The topological polar surface area (TPSA) is 84.8 Å². The number of anilines is 1. The first kappa shape index (κ1) is 16.0. The van der Waals surface area contributed by atoms with Gasteiger partial charge in [0.25, 0.3) is 0 Å². The lowest BCUT2D eigenvalue weighted by molar-refractivity contribution is -0.130. The Bertz CT molecular complexity index is 824. The van der Waals surface area contributed by atoms with Gasteiger partial charge in [-0.15, -0.1) is 0 Å². The predicted octanol–water partition coefficient (Wildman–Crippen LogP) is 2.36. The molecule has 124 valence electrons. The molecule has 1 saturated heterocycles. The molecule has 0 aliphatic carbocycles. The molecule has 1 aliphatic rings. The minimum Gasteiger partial charge on any atom is -0.376 e. The van der Waals surface area contributed by atoms with Gasteiger partial charge in [-0.1, -0.05) is 6.58 Å². The Balaban J connectivity index is 1.92. The van der Waals surface area contributed by atoms with Crippen molar-refractivity contribution in [3.05, 3.63) is 36.7 Å². The van der Waals surface area contributed by atoms with Crippen molar-refractivity contribution < 1.29 is 9.18 Å². The molecular formula is C17H18FN5O. The molecule has 7 heteroatoms. The van der Waals surface area contributed by atoms with Gasteiger partial charge in [-0.3, -0.25) is 4.79 Å². The number of H-pyrrole nitrogens is 1. The number of fused-ring (bicyclic) bond motifs is 1. The second-order valence-corrected chi connectivity index (χ2v) is 5.94. The Morgan fingerprint density at radius 3 is 3.17 bits per heavy atom. The van der Waals surface area contributed by atoms with Gasteiger partial charge in [0, 0.05) is 36.8 Å². The maximum Gasteiger partial charge on any atom is 0.246 e. The molecule has 0 radical (unpaired) electrons. The molecule has 0 unspecified atom stereocenters. The maximum absolute atomic E-state index is 14.6. The van der Waals surface area contributed by atoms with Crippen molar-refractivity contribution in [3.8, 4) is 6.07 Å². The van der Waals surface area contributed by atoms with E-state index in [1.807, 2.05) is 6.92 Å². The molecule has 0 bridgehead atoms. The number of carbonyl (C=O) groups excluding carboxylic acids is 1. The van der Waals surface area contributed by atoms with Crippen LogP contribution in [-0.2, 0) is 4.79 Å². The van der Waals surface area contributed by atoms with E-state index in [9.17, 15) is 14.4 Å². The fourth-order valence-electron chi connectivity index (χ4n) is 3.12. The molecule has 2 N–H and O–H groups in total. The Hall–Kier alpha value is -2.88. The van der Waals surface area contributed by atoms with Crippen LogP contribution in [-0.4, -0.2) is 45.6 Å². The summed E-state index contributed by atoms with van der Waals surface area (Å²) in [6.07, 6.45) is 3.52. The second-order valence-electron chi connectivity index (χ2n) is 5.94. The number of hydrogen-bond donors (Lipinski definition) is 2. The summed E-state index contributed by atoms with van der Waals surface area (Å²) in [5.41, 5.74) is 1.50. The molecule has 6 nitrogen and oxygen atoms in total. The van der Waals surface area contributed by atoms with Crippen LogP contribution in [0.4, 0.5) is 10.1 Å². The molecule has 0 aromatic carbocycles. The number of pyridine rings is 1. The van der Waals surface area contributed by atoms with Crippen LogP contribution in [0.25, 0.3) is 11.0 Å². The molecule has 1 amide bonds. The molecule has 2 aromatic heterocycles. The lowest BCUT2D eigenvalue weighted by Gasteiger charge is -2.40. The molecule has 0 spiro atoms. The van der Waals surface area contributed by atoms with Crippen LogP contribution in [0, 0.1) is 11.3 Å². The number of rotatable bonds is 3. The average molecular weight is 327 g/mol. The summed E-state index contributed by atoms with van der Waals surface area (Å²) >= 11 is 0. The van der Waals surface area contributed by atoms with Crippen molar-refractivity contribution in [2.75, 3.05) is 11.9 Å². The molecule has 2 aromatic rings. The summed E-state index contributed by atoms with van der Waals surface area (Å²) in [4.78, 5) is 20.7. The van der Waals surface area contributed by atoms with Crippen molar-refractivity contribution in [2.45, 2.75) is 31.6 Å². The number of alkyl halides is 1. The van der Waals surface area contributed by atoms with E-state index in [1.165, 1.54) is 12.3 Å². The number of aromatic amines is 1. The van der Waals surface area contributed by atoms with Crippen LogP contribution in [0.1, 0.15) is 18.9 Å². The Kier molecular flexibility index (Phi) is 4.21. The van der Waals surface area contributed by atoms with Gasteiger partial charge < -0.3 is 15.2 Å². The highest BCUT2D eigenvalue weighted by atomic mass is 19.1. The maximum atomic E-state index is 14.6. The number of nitrogens with one attached hydrogen (secondary N) is 2. The fraction of sp³-hybridized carbons (Fsp3) is 0.353. The van der Waals surface area contributed by atoms with Crippen LogP contribution in [0.3, 0.4) is 0 Å². The van der Waals surface area contributed by atoms with Crippen molar-refractivity contribution in [3.63, 3.8) is 0 Å². The first-order valence-electron chi connectivity index (χ1n) is 7.75. The minimum atomic E-state index is -1.12. The number of hydrogen-bond acceptors (Lipinski definition) is 4. The van der Waals surface area contributed by atoms with E-state index in [0.29, 0.717) is 16.9 Å². The van der Waals surface area contributed by atoms with Gasteiger partial charge in [0.15, 0.2) is 0 Å². The average Bonchev–Trinajstić information content (AvgIpc) is 3.05. The van der Waals surface area contributed by atoms with E-state index < -0.39 is 12.2 Å². The van der Waals surface area contributed by atoms with Crippen LogP contribution in [0.15, 0.2) is 31.1 Å². The number of nitriles is 1. The van der Waals surface area contributed by atoms with Crippen molar-refractivity contribution in [1.82, 2.24) is 14.9 Å². The summed E-state index contributed by atoms with van der Waals surface area (Å²) in [7, 11) is 0. The molecule has 3 atom stereocenters. The highest BCUT2D eigenvalue weighted by Gasteiger charge is 2.35. The fourth-order valence-corrected chi connectivity index (χ4v) is 3.12. The third kappa shape index (κ3) is 2.71. The zero-order valence-electron chi connectivity index (χ0n) is 13.3. The Morgan fingerprint density at radius 1 is 1.67 bits per heavy atom. The number of carbonyl (C=O) groups is 1. The van der Waals surface area contributed by atoms with E-state index in [2.05, 4.69) is 27.9 Å². The Morgan fingerprint density at radius 2 is 2.46 bits per heavy atom. The number of halogens is 1. The monoisotopic (exact) mass is 327 g/mol. The second kappa shape index (κ2) is 6.32. The standard InChI is InChI=1S/C17H18FN5O/c1-3-15(24)23-9-14(13(18)6-10(23)2)22-16-11(7-19)8-21-17-12(16)4-5-20-17/h3-5,8,10,13-14H,1,6,9H2,2H3,(H2,20,21,22)/t10-,13-,14-/m1/s1. The number of nitrogens with zero attached hydrogens (tertiary/aromatic N) is 3. The molecule has 3 heterocycles. The number of piperidine rings is 1.